The van der Waals surface area contributed by atoms with Crippen LogP contribution in [-0.4, -0.2) is 42.3 Å². The van der Waals surface area contributed by atoms with Crippen molar-refractivity contribution in [2.24, 2.45) is 11.3 Å². The topological polar surface area (TPSA) is 82.9 Å². The van der Waals surface area contributed by atoms with Gasteiger partial charge in [0, 0.05) is 48.8 Å². The van der Waals surface area contributed by atoms with Crippen LogP contribution in [0.5, 0.6) is 0 Å². The highest BCUT2D eigenvalue weighted by Crippen LogP contribution is 2.45. The first-order valence-electron chi connectivity index (χ1n) is 12.1. The Hall–Kier alpha value is -1.91. The van der Waals surface area contributed by atoms with Crippen LogP contribution < -0.4 is 10.6 Å². The van der Waals surface area contributed by atoms with Crippen LogP contribution in [0.1, 0.15) is 51.1 Å². The maximum atomic E-state index is 9.33. The van der Waals surface area contributed by atoms with Gasteiger partial charge in [0.25, 0.3) is 0 Å². The molecule has 2 N–H and O–H groups in total. The Morgan fingerprint density at radius 2 is 1.91 bits per heavy atom. The fraction of sp³-hybridized carbons (Fsp3) is 0.577. The van der Waals surface area contributed by atoms with E-state index in [0.29, 0.717) is 34.7 Å². The van der Waals surface area contributed by atoms with Crippen molar-refractivity contribution < 1.29 is 4.74 Å². The van der Waals surface area contributed by atoms with Crippen LogP contribution in [0.3, 0.4) is 0 Å². The van der Waals surface area contributed by atoms with Crippen LogP contribution in [0.2, 0.25) is 10.2 Å². The van der Waals surface area contributed by atoms with Gasteiger partial charge in [-0.1, -0.05) is 23.2 Å². The smallest absolute Gasteiger partial charge is 0.137 e. The molecule has 1 atom stereocenters. The standard InChI is InChI=1S/C26H33Cl2N5O/c1-17(14-34-2)33-19-5-3-18(4-6-19)9-20-10-22(24(27)13-30-20)23-11-21(12-31-25(23)28)32-16-26(15-29)7-8-26/h10-13,17-19,32-33H,3-9,14,16H2,1-2H3/t17-,18?,19?/m0/s1. The van der Waals surface area contributed by atoms with Crippen molar-refractivity contribution in [2.45, 2.75) is 64.0 Å². The Labute approximate surface area is 212 Å². The summed E-state index contributed by atoms with van der Waals surface area (Å²) in [6, 6.07) is 7.36. The lowest BCUT2D eigenvalue weighted by molar-refractivity contribution is 0.158. The van der Waals surface area contributed by atoms with Gasteiger partial charge in [0.1, 0.15) is 5.15 Å². The quantitative estimate of drug-likeness (QED) is 0.394. The molecule has 2 heterocycles. The average Bonchev–Trinajstić information content (AvgIpc) is 3.62. The predicted molar refractivity (Wildman–Crippen MR) is 137 cm³/mol. The third kappa shape index (κ3) is 6.40. The van der Waals surface area contributed by atoms with Crippen molar-refractivity contribution in [2.75, 3.05) is 25.6 Å². The van der Waals surface area contributed by atoms with Gasteiger partial charge in [0.2, 0.25) is 0 Å². The van der Waals surface area contributed by atoms with Crippen molar-refractivity contribution >= 4 is 28.9 Å². The molecule has 0 unspecified atom stereocenters. The van der Waals surface area contributed by atoms with Gasteiger partial charge in [-0.15, -0.1) is 0 Å². The number of hydrogen-bond donors (Lipinski definition) is 2. The first-order valence-corrected chi connectivity index (χ1v) is 12.9. The maximum absolute atomic E-state index is 9.33. The van der Waals surface area contributed by atoms with Gasteiger partial charge < -0.3 is 15.4 Å². The molecule has 182 valence electrons. The second-order valence-electron chi connectivity index (χ2n) is 9.91. The number of rotatable bonds is 10. The molecule has 34 heavy (non-hydrogen) atoms. The summed E-state index contributed by atoms with van der Waals surface area (Å²) in [6.07, 6.45) is 10.9. The van der Waals surface area contributed by atoms with Crippen molar-refractivity contribution in [3.63, 3.8) is 0 Å². The molecule has 0 radical (unpaired) electrons. The second kappa shape index (κ2) is 11.2. The number of ether oxygens (including phenoxy) is 1. The zero-order valence-electron chi connectivity index (χ0n) is 19.9. The molecule has 0 bridgehead atoms. The molecule has 0 aliphatic heterocycles. The number of nitrogens with zero attached hydrogens (tertiary/aromatic N) is 3. The van der Waals surface area contributed by atoms with Gasteiger partial charge in [-0.05, 0) is 69.9 Å². The third-order valence-electron chi connectivity index (χ3n) is 7.04. The number of anilines is 1. The van der Waals surface area contributed by atoms with Gasteiger partial charge >= 0.3 is 0 Å². The third-order valence-corrected chi connectivity index (χ3v) is 7.65. The lowest BCUT2D eigenvalue weighted by Gasteiger charge is -2.31. The number of aromatic nitrogens is 2. The van der Waals surface area contributed by atoms with E-state index in [0.717, 1.165) is 48.4 Å². The normalized spacial score (nSPS) is 22.1. The number of pyridine rings is 2. The average molecular weight is 502 g/mol. The summed E-state index contributed by atoms with van der Waals surface area (Å²) in [6.45, 7) is 3.53. The molecule has 2 saturated carbocycles. The molecule has 2 aliphatic carbocycles. The number of nitrogens with one attached hydrogen (secondary N) is 2. The lowest BCUT2D eigenvalue weighted by atomic mass is 9.83. The maximum Gasteiger partial charge on any atom is 0.137 e. The molecule has 6 nitrogen and oxygen atoms in total. The minimum absolute atomic E-state index is 0.238. The van der Waals surface area contributed by atoms with E-state index >= 15 is 0 Å². The van der Waals surface area contributed by atoms with Crippen molar-refractivity contribution in [1.82, 2.24) is 15.3 Å². The molecule has 8 heteroatoms. The summed E-state index contributed by atoms with van der Waals surface area (Å²) >= 11 is 13.0. The van der Waals surface area contributed by atoms with Crippen LogP contribution in [0, 0.1) is 22.7 Å². The highest BCUT2D eigenvalue weighted by Gasteiger charge is 2.42. The van der Waals surface area contributed by atoms with Crippen LogP contribution >= 0.6 is 23.2 Å². The van der Waals surface area contributed by atoms with E-state index in [-0.39, 0.29) is 5.41 Å². The van der Waals surface area contributed by atoms with Gasteiger partial charge in [-0.25, -0.2) is 4.98 Å². The van der Waals surface area contributed by atoms with Crippen LogP contribution in [0.4, 0.5) is 5.69 Å². The molecule has 4 rings (SSSR count). The minimum atomic E-state index is -0.238. The summed E-state index contributed by atoms with van der Waals surface area (Å²) in [4.78, 5) is 8.97. The van der Waals surface area contributed by atoms with E-state index in [1.54, 1.807) is 19.5 Å². The van der Waals surface area contributed by atoms with Gasteiger partial charge in [-0.2, -0.15) is 5.26 Å². The molecule has 2 aromatic heterocycles. The zero-order chi connectivity index (χ0) is 24.1. The van der Waals surface area contributed by atoms with E-state index in [1.165, 1.54) is 25.7 Å². The van der Waals surface area contributed by atoms with E-state index in [9.17, 15) is 5.26 Å². The minimum Gasteiger partial charge on any atom is -0.383 e. The summed E-state index contributed by atoms with van der Waals surface area (Å²) in [5.74, 6) is 0.611. The Bertz CT molecular complexity index is 1030. The van der Waals surface area contributed by atoms with Crippen LogP contribution in [0.25, 0.3) is 11.1 Å². The van der Waals surface area contributed by atoms with Gasteiger partial charge in [-0.3, -0.25) is 4.98 Å². The van der Waals surface area contributed by atoms with Gasteiger partial charge in [0.15, 0.2) is 0 Å². The Balaban J connectivity index is 1.41. The SMILES string of the molecule is COC[C@H](C)NC1CCC(Cc2cc(-c3cc(NCC4(C#N)CC4)cnc3Cl)c(Cl)cn2)CC1. The number of nitriles is 1. The van der Waals surface area contributed by atoms with E-state index < -0.39 is 0 Å². The lowest BCUT2D eigenvalue weighted by Crippen LogP contribution is -2.41. The predicted octanol–water partition coefficient (Wildman–Crippen LogP) is 5.89. The number of hydrogen-bond acceptors (Lipinski definition) is 6. The van der Waals surface area contributed by atoms with Crippen molar-refractivity contribution in [1.29, 1.82) is 5.26 Å². The Morgan fingerprint density at radius 3 is 2.59 bits per heavy atom. The largest absolute Gasteiger partial charge is 0.383 e. The van der Waals surface area contributed by atoms with Crippen LogP contribution in [0.15, 0.2) is 24.5 Å². The van der Waals surface area contributed by atoms with E-state index in [2.05, 4.69) is 39.7 Å². The van der Waals surface area contributed by atoms with E-state index in [1.807, 2.05) is 6.07 Å². The molecule has 2 aliphatic rings. The summed E-state index contributed by atoms with van der Waals surface area (Å²) in [5.41, 5.74) is 3.25. The van der Waals surface area contributed by atoms with Crippen molar-refractivity contribution in [3.05, 3.63) is 40.4 Å². The Morgan fingerprint density at radius 1 is 1.15 bits per heavy atom. The molecule has 2 aromatic rings. The Kier molecular flexibility index (Phi) is 8.31. The monoisotopic (exact) mass is 501 g/mol. The molecule has 0 spiro atoms. The summed E-state index contributed by atoms with van der Waals surface area (Å²) in [7, 11) is 1.75. The summed E-state index contributed by atoms with van der Waals surface area (Å²) < 4.78 is 5.24. The fourth-order valence-electron chi connectivity index (χ4n) is 4.81. The zero-order valence-corrected chi connectivity index (χ0v) is 21.4. The highest BCUT2D eigenvalue weighted by molar-refractivity contribution is 6.35. The molecule has 0 saturated heterocycles. The molecule has 0 amide bonds. The fourth-order valence-corrected chi connectivity index (χ4v) is 5.22. The first kappa shape index (κ1) is 25.2. The van der Waals surface area contributed by atoms with Gasteiger partial charge in [0.05, 0.1) is 35.0 Å². The molecular weight excluding hydrogens is 469 g/mol. The first-order chi connectivity index (χ1) is 16.4. The van der Waals surface area contributed by atoms with Crippen LogP contribution in [-0.2, 0) is 11.2 Å². The summed E-state index contributed by atoms with van der Waals surface area (Å²) in [5, 5.41) is 17.3. The molecule has 2 fully saturated rings. The molecule has 0 aromatic carbocycles. The van der Waals surface area contributed by atoms with E-state index in [4.69, 9.17) is 27.9 Å². The second-order valence-corrected chi connectivity index (χ2v) is 10.7. The number of halogens is 2. The highest BCUT2D eigenvalue weighted by atomic mass is 35.5. The van der Waals surface area contributed by atoms with Crippen molar-refractivity contribution in [3.8, 4) is 17.2 Å². The number of methoxy groups -OCH3 is 1. The molecular formula is C26H33Cl2N5O.